The van der Waals surface area contributed by atoms with Crippen LogP contribution in [0.1, 0.15) is 56.1 Å². The normalized spacial score (nSPS) is 15.7. The molecule has 0 unspecified atom stereocenters. The minimum atomic E-state index is -1.00. The summed E-state index contributed by atoms with van der Waals surface area (Å²) >= 11 is 0. The van der Waals surface area contributed by atoms with E-state index >= 15 is 0 Å². The fourth-order valence-corrected chi connectivity index (χ4v) is 4.87. The Morgan fingerprint density at radius 2 is 1.64 bits per heavy atom. The summed E-state index contributed by atoms with van der Waals surface area (Å²) in [6.45, 7) is 2.71. The van der Waals surface area contributed by atoms with E-state index in [9.17, 15) is 14.4 Å². The second-order valence-corrected chi connectivity index (χ2v) is 8.82. The maximum Gasteiger partial charge on any atom is 0.408 e. The van der Waals surface area contributed by atoms with Crippen LogP contribution in [0, 0.1) is 0 Å². The first-order valence-electron chi connectivity index (χ1n) is 11.6. The first-order valence-corrected chi connectivity index (χ1v) is 11.6. The molecule has 2 N–H and O–H groups in total. The van der Waals surface area contributed by atoms with Gasteiger partial charge >= 0.3 is 12.1 Å². The molecule has 0 bridgehead atoms. The van der Waals surface area contributed by atoms with Crippen molar-refractivity contribution < 1.29 is 24.2 Å². The van der Waals surface area contributed by atoms with Crippen LogP contribution in [0.2, 0.25) is 0 Å². The van der Waals surface area contributed by atoms with Gasteiger partial charge in [-0.3, -0.25) is 9.59 Å². The number of carboxylic acid groups (broad SMARTS) is 1. The Balaban J connectivity index is 1.43. The lowest BCUT2D eigenvalue weighted by atomic mass is 9.75. The average molecular weight is 451 g/mol. The summed E-state index contributed by atoms with van der Waals surface area (Å²) in [6.07, 6.45) is 1.87. The minimum absolute atomic E-state index is 0.0525. The molecule has 0 radical (unpaired) electrons. The van der Waals surface area contributed by atoms with Crippen LogP contribution in [0.4, 0.5) is 4.79 Å². The largest absolute Gasteiger partial charge is 0.481 e. The highest BCUT2D eigenvalue weighted by atomic mass is 16.5. The highest BCUT2D eigenvalue weighted by Crippen LogP contribution is 2.44. The van der Waals surface area contributed by atoms with Crippen molar-refractivity contribution in [3.05, 3.63) is 59.7 Å². The molecule has 33 heavy (non-hydrogen) atoms. The van der Waals surface area contributed by atoms with Gasteiger partial charge in [0.25, 0.3) is 0 Å². The van der Waals surface area contributed by atoms with Crippen molar-refractivity contribution in [3.8, 4) is 11.1 Å². The van der Waals surface area contributed by atoms with Gasteiger partial charge in [-0.1, -0.05) is 55.5 Å². The van der Waals surface area contributed by atoms with Gasteiger partial charge in [-0.2, -0.15) is 0 Å². The Labute approximate surface area is 193 Å². The predicted molar refractivity (Wildman–Crippen MR) is 124 cm³/mol. The number of hydrogen-bond acceptors (Lipinski definition) is 4. The second-order valence-electron chi connectivity index (χ2n) is 8.82. The topological polar surface area (TPSA) is 95.9 Å². The van der Waals surface area contributed by atoms with E-state index in [1.54, 1.807) is 4.90 Å². The molecule has 1 fully saturated rings. The zero-order chi connectivity index (χ0) is 23.4. The molecule has 2 aliphatic rings. The van der Waals surface area contributed by atoms with E-state index < -0.39 is 17.6 Å². The monoisotopic (exact) mass is 450 g/mol. The van der Waals surface area contributed by atoms with Crippen LogP contribution < -0.4 is 5.32 Å². The molecule has 1 saturated carbocycles. The average Bonchev–Trinajstić information content (AvgIpc) is 3.11. The van der Waals surface area contributed by atoms with Crippen LogP contribution in [-0.4, -0.2) is 53.2 Å². The van der Waals surface area contributed by atoms with Crippen molar-refractivity contribution in [1.29, 1.82) is 0 Å². The van der Waals surface area contributed by atoms with Crippen molar-refractivity contribution >= 4 is 18.0 Å². The zero-order valence-electron chi connectivity index (χ0n) is 18.9. The van der Waals surface area contributed by atoms with Crippen molar-refractivity contribution in [2.75, 3.05) is 19.7 Å². The molecule has 2 aromatic carbocycles. The fourth-order valence-electron chi connectivity index (χ4n) is 4.87. The Hall–Kier alpha value is -3.35. The smallest absolute Gasteiger partial charge is 0.408 e. The number of aliphatic carboxylic acids is 1. The molecule has 0 aliphatic heterocycles. The van der Waals surface area contributed by atoms with Crippen LogP contribution in [0.3, 0.4) is 0 Å². The molecule has 2 aliphatic carbocycles. The van der Waals surface area contributed by atoms with Crippen LogP contribution in [0.5, 0.6) is 0 Å². The fraction of sp³-hybridized carbons (Fsp3) is 0.423. The van der Waals surface area contributed by atoms with Gasteiger partial charge in [-0.05, 0) is 47.9 Å². The maximum atomic E-state index is 13.2. The number of alkyl carbamates (subject to hydrolysis) is 1. The van der Waals surface area contributed by atoms with Crippen molar-refractivity contribution in [1.82, 2.24) is 10.2 Å². The van der Waals surface area contributed by atoms with Gasteiger partial charge < -0.3 is 20.1 Å². The lowest BCUT2D eigenvalue weighted by molar-refractivity contribution is -0.143. The number of fused-ring (bicyclic) bond motifs is 3. The maximum absolute atomic E-state index is 13.2. The Morgan fingerprint density at radius 3 is 2.15 bits per heavy atom. The van der Waals surface area contributed by atoms with Gasteiger partial charge in [-0.15, -0.1) is 0 Å². The van der Waals surface area contributed by atoms with E-state index in [1.165, 1.54) is 0 Å². The second kappa shape index (κ2) is 9.65. The first-order chi connectivity index (χ1) is 15.9. The quantitative estimate of drug-likeness (QED) is 0.598. The summed E-state index contributed by atoms with van der Waals surface area (Å²) in [7, 11) is 0. The summed E-state index contributed by atoms with van der Waals surface area (Å²) in [5.74, 6) is -1.22. The molecule has 4 rings (SSSR count). The molecule has 0 spiro atoms. The zero-order valence-corrected chi connectivity index (χ0v) is 18.9. The summed E-state index contributed by atoms with van der Waals surface area (Å²) in [5.41, 5.74) is 3.56. The Bertz CT molecular complexity index is 1000. The third-order valence-corrected chi connectivity index (χ3v) is 6.68. The molecule has 0 aromatic heterocycles. The number of carbonyl (C=O) groups is 3. The third-order valence-electron chi connectivity index (χ3n) is 6.68. The highest BCUT2D eigenvalue weighted by molar-refractivity contribution is 5.91. The van der Waals surface area contributed by atoms with Crippen molar-refractivity contribution in [2.45, 2.75) is 50.5 Å². The number of nitrogens with one attached hydrogen (secondary N) is 1. The van der Waals surface area contributed by atoms with E-state index in [-0.39, 0.29) is 31.4 Å². The molecular formula is C26H30N2O5. The Morgan fingerprint density at radius 1 is 1.03 bits per heavy atom. The summed E-state index contributed by atoms with van der Waals surface area (Å²) < 4.78 is 5.64. The number of rotatable bonds is 9. The third kappa shape index (κ3) is 4.58. The predicted octanol–water partition coefficient (Wildman–Crippen LogP) is 4.16. The van der Waals surface area contributed by atoms with E-state index in [2.05, 4.69) is 29.6 Å². The molecule has 174 valence electrons. The lowest BCUT2D eigenvalue weighted by Crippen LogP contribution is -2.63. The molecular weight excluding hydrogens is 420 g/mol. The molecule has 2 aromatic rings. The molecule has 0 heterocycles. The minimum Gasteiger partial charge on any atom is -0.481 e. The SMILES string of the molecule is CCCN(CCC(=O)O)C(=O)C1(NC(=O)OCC2c3ccccc3-c3ccccc32)CCC1. The number of nitrogens with zero attached hydrogens (tertiary/aromatic N) is 1. The van der Waals surface area contributed by atoms with Crippen molar-refractivity contribution in [2.24, 2.45) is 0 Å². The standard InChI is InChI=1S/C26H30N2O5/c1-2-15-28(16-12-23(29)30)24(31)26(13-7-14-26)27-25(32)33-17-22-20-10-5-3-8-18(20)19-9-4-6-11-21(19)22/h3-6,8-11,22H,2,7,12-17H2,1H3,(H,27,32)(H,29,30). The number of amides is 2. The summed E-state index contributed by atoms with van der Waals surface area (Å²) in [6, 6.07) is 16.3. The van der Waals surface area contributed by atoms with Gasteiger partial charge in [0.2, 0.25) is 5.91 Å². The number of hydrogen-bond donors (Lipinski definition) is 2. The number of carboxylic acids is 1. The highest BCUT2D eigenvalue weighted by Gasteiger charge is 2.48. The molecule has 7 heteroatoms. The lowest BCUT2D eigenvalue weighted by Gasteiger charge is -2.43. The molecule has 0 atom stereocenters. The van der Waals surface area contributed by atoms with Crippen LogP contribution in [0.15, 0.2) is 48.5 Å². The molecule has 0 saturated heterocycles. The van der Waals surface area contributed by atoms with Gasteiger partial charge in [0.15, 0.2) is 0 Å². The van der Waals surface area contributed by atoms with Crippen LogP contribution >= 0.6 is 0 Å². The van der Waals surface area contributed by atoms with E-state index in [1.807, 2.05) is 31.2 Å². The van der Waals surface area contributed by atoms with Crippen molar-refractivity contribution in [3.63, 3.8) is 0 Å². The van der Waals surface area contributed by atoms with Crippen LogP contribution in [0.25, 0.3) is 11.1 Å². The van der Waals surface area contributed by atoms with Crippen LogP contribution in [-0.2, 0) is 14.3 Å². The van der Waals surface area contributed by atoms with E-state index in [0.29, 0.717) is 25.8 Å². The Kier molecular flexibility index (Phi) is 6.67. The molecule has 2 amide bonds. The van der Waals surface area contributed by atoms with Gasteiger partial charge in [0, 0.05) is 19.0 Å². The summed E-state index contributed by atoms with van der Waals surface area (Å²) in [5, 5.41) is 11.8. The summed E-state index contributed by atoms with van der Waals surface area (Å²) in [4.78, 5) is 38.6. The van der Waals surface area contributed by atoms with Gasteiger partial charge in [0.05, 0.1) is 6.42 Å². The molecule has 7 nitrogen and oxygen atoms in total. The number of ether oxygens (including phenoxy) is 1. The van der Waals surface area contributed by atoms with E-state index in [0.717, 1.165) is 28.7 Å². The number of benzene rings is 2. The van der Waals surface area contributed by atoms with E-state index in [4.69, 9.17) is 9.84 Å². The van der Waals surface area contributed by atoms with Gasteiger partial charge in [-0.25, -0.2) is 4.79 Å². The first kappa shape index (κ1) is 22.8. The van der Waals surface area contributed by atoms with Gasteiger partial charge in [0.1, 0.15) is 12.1 Å². The number of carbonyl (C=O) groups excluding carboxylic acids is 2.